The van der Waals surface area contributed by atoms with Crippen molar-refractivity contribution in [3.8, 4) is 0 Å². The molecule has 0 saturated carbocycles. The molecule has 176 valence electrons. The van der Waals surface area contributed by atoms with Gasteiger partial charge in [0.1, 0.15) is 29.5 Å². The van der Waals surface area contributed by atoms with E-state index in [1.165, 1.54) is 6.92 Å². The number of benzene rings is 1. The number of alkyl halides is 3. The largest absolute Gasteiger partial charge is 0.416 e. The quantitative estimate of drug-likeness (QED) is 0.667. The van der Waals surface area contributed by atoms with Crippen LogP contribution in [0, 0.1) is 18.6 Å². The van der Waals surface area contributed by atoms with E-state index >= 15 is 0 Å². The Balaban J connectivity index is 1.78. The lowest BCUT2D eigenvalue weighted by Gasteiger charge is -2.31. The lowest BCUT2D eigenvalue weighted by Crippen LogP contribution is -2.51. The van der Waals surface area contributed by atoms with Crippen LogP contribution in [0.5, 0.6) is 0 Å². The standard InChI is InChI=1S/C21H18F5N3O4/c1-8-5-10(21(24,25)26)7-13(27-8)29-16(17(30)18(31)20(29)33)19(32)28(2)15-12(22)6-9-3-4-11(9)14(15)23/h5-7,16-18,30-31H,3-4H2,1-2H3/t16-,17-,18-/m0/s1. The fourth-order valence-electron chi connectivity index (χ4n) is 4.09. The van der Waals surface area contributed by atoms with E-state index in [1.807, 2.05) is 0 Å². The lowest BCUT2D eigenvalue weighted by molar-refractivity contribution is -0.137. The molecule has 2 heterocycles. The monoisotopic (exact) mass is 471 g/mol. The number of anilines is 2. The second kappa shape index (κ2) is 7.73. The minimum atomic E-state index is -4.81. The summed E-state index contributed by atoms with van der Waals surface area (Å²) < 4.78 is 69.2. The topological polar surface area (TPSA) is 94.0 Å². The molecule has 12 heteroatoms. The molecule has 2 aliphatic rings. The first-order valence-electron chi connectivity index (χ1n) is 9.85. The van der Waals surface area contributed by atoms with Gasteiger partial charge in [-0.2, -0.15) is 13.2 Å². The maximum atomic E-state index is 14.8. The van der Waals surface area contributed by atoms with Gasteiger partial charge in [0, 0.05) is 12.7 Å². The van der Waals surface area contributed by atoms with Crippen LogP contribution in [0.15, 0.2) is 18.2 Å². The summed E-state index contributed by atoms with van der Waals surface area (Å²) in [4.78, 5) is 30.6. The number of amides is 2. The first kappa shape index (κ1) is 23.1. The molecule has 0 spiro atoms. The van der Waals surface area contributed by atoms with Gasteiger partial charge in [0.2, 0.25) is 0 Å². The zero-order valence-electron chi connectivity index (χ0n) is 17.3. The Bertz CT molecular complexity index is 1170. The molecule has 3 atom stereocenters. The summed E-state index contributed by atoms with van der Waals surface area (Å²) in [6.07, 6.45) is -8.24. The fourth-order valence-corrected chi connectivity index (χ4v) is 4.09. The maximum absolute atomic E-state index is 14.8. The molecular formula is C21H18F5N3O4. The van der Waals surface area contributed by atoms with E-state index in [4.69, 9.17) is 0 Å². The average molecular weight is 471 g/mol. The van der Waals surface area contributed by atoms with Crippen molar-refractivity contribution in [3.63, 3.8) is 0 Å². The third-order valence-electron chi connectivity index (χ3n) is 5.88. The summed E-state index contributed by atoms with van der Waals surface area (Å²) in [5.41, 5.74) is -1.38. The molecule has 0 radical (unpaired) electrons. The highest BCUT2D eigenvalue weighted by Crippen LogP contribution is 2.37. The van der Waals surface area contributed by atoms with E-state index < -0.39 is 64.9 Å². The van der Waals surface area contributed by atoms with Crippen molar-refractivity contribution in [2.24, 2.45) is 0 Å². The van der Waals surface area contributed by atoms with Crippen LogP contribution in [0.2, 0.25) is 0 Å². The molecule has 0 bridgehead atoms. The molecule has 1 aliphatic heterocycles. The van der Waals surface area contributed by atoms with Gasteiger partial charge in [-0.15, -0.1) is 0 Å². The highest BCUT2D eigenvalue weighted by Gasteiger charge is 2.53. The van der Waals surface area contributed by atoms with Gasteiger partial charge >= 0.3 is 6.18 Å². The third-order valence-corrected chi connectivity index (χ3v) is 5.88. The van der Waals surface area contributed by atoms with Crippen molar-refractivity contribution in [3.05, 3.63) is 52.2 Å². The van der Waals surface area contributed by atoms with Gasteiger partial charge in [0.15, 0.2) is 11.9 Å². The molecule has 2 aromatic rings. The van der Waals surface area contributed by atoms with Crippen LogP contribution in [0.3, 0.4) is 0 Å². The maximum Gasteiger partial charge on any atom is 0.416 e. The number of aliphatic hydroxyl groups excluding tert-OH is 2. The smallest absolute Gasteiger partial charge is 0.387 e. The van der Waals surface area contributed by atoms with Crippen LogP contribution in [0.4, 0.5) is 33.5 Å². The average Bonchev–Trinajstić information content (AvgIpc) is 2.92. The summed E-state index contributed by atoms with van der Waals surface area (Å²) in [6.45, 7) is 1.22. The minimum absolute atomic E-state index is 0.150. The minimum Gasteiger partial charge on any atom is -0.387 e. The number of likely N-dealkylation sites (N-methyl/N-ethyl adjacent to an activating group) is 1. The number of aryl methyl sites for hydroxylation is 2. The number of rotatable bonds is 3. The van der Waals surface area contributed by atoms with Gasteiger partial charge in [0.05, 0.1) is 5.56 Å². The molecule has 1 aliphatic carbocycles. The lowest BCUT2D eigenvalue weighted by atomic mass is 9.87. The van der Waals surface area contributed by atoms with E-state index in [9.17, 15) is 41.8 Å². The number of carbonyl (C=O) groups excluding carboxylic acids is 2. The molecule has 1 aromatic heterocycles. The van der Waals surface area contributed by atoms with Crippen molar-refractivity contribution in [2.45, 2.75) is 44.2 Å². The zero-order chi connectivity index (χ0) is 24.4. The Labute approximate surface area is 184 Å². The number of carbonyl (C=O) groups is 2. The van der Waals surface area contributed by atoms with Gasteiger partial charge in [0.25, 0.3) is 11.8 Å². The Kier molecular flexibility index (Phi) is 5.40. The van der Waals surface area contributed by atoms with E-state index in [-0.39, 0.29) is 11.3 Å². The van der Waals surface area contributed by atoms with Gasteiger partial charge in [-0.3, -0.25) is 14.5 Å². The second-order valence-corrected chi connectivity index (χ2v) is 8.00. The molecule has 1 saturated heterocycles. The highest BCUT2D eigenvalue weighted by atomic mass is 19.4. The molecule has 7 nitrogen and oxygen atoms in total. The highest BCUT2D eigenvalue weighted by molar-refractivity contribution is 6.10. The molecule has 1 fully saturated rings. The molecule has 1 aromatic carbocycles. The first-order valence-corrected chi connectivity index (χ1v) is 9.85. The molecule has 2 amide bonds. The first-order chi connectivity index (χ1) is 15.3. The summed E-state index contributed by atoms with van der Waals surface area (Å²) in [5.74, 6) is -5.18. The van der Waals surface area contributed by atoms with Crippen LogP contribution in [-0.2, 0) is 28.6 Å². The van der Waals surface area contributed by atoms with E-state index in [1.54, 1.807) is 0 Å². The number of hydrogen-bond donors (Lipinski definition) is 2. The van der Waals surface area contributed by atoms with Crippen LogP contribution in [0.1, 0.15) is 22.4 Å². The Hall–Kier alpha value is -3.12. The Morgan fingerprint density at radius 2 is 1.85 bits per heavy atom. The Morgan fingerprint density at radius 3 is 2.42 bits per heavy atom. The predicted molar refractivity (Wildman–Crippen MR) is 104 cm³/mol. The van der Waals surface area contributed by atoms with Crippen LogP contribution in [-0.4, -0.2) is 52.3 Å². The fraction of sp³-hybridized carbons (Fsp3) is 0.381. The van der Waals surface area contributed by atoms with Gasteiger partial charge in [-0.25, -0.2) is 13.8 Å². The van der Waals surface area contributed by atoms with Crippen molar-refractivity contribution in [1.82, 2.24) is 4.98 Å². The number of halogens is 5. The van der Waals surface area contributed by atoms with E-state index in [0.29, 0.717) is 40.3 Å². The SMILES string of the molecule is Cc1cc(C(F)(F)F)cc(N2C(=O)[C@@H](O)[C@@H](O)[C@H]2C(=O)N(C)c2c(F)cc3c(c2F)CC3)n1. The van der Waals surface area contributed by atoms with Crippen molar-refractivity contribution in [2.75, 3.05) is 16.8 Å². The summed E-state index contributed by atoms with van der Waals surface area (Å²) in [6, 6.07) is 0.300. The number of aliphatic hydroxyl groups is 2. The number of aromatic nitrogens is 1. The number of nitrogens with zero attached hydrogens (tertiary/aromatic N) is 3. The second-order valence-electron chi connectivity index (χ2n) is 8.00. The van der Waals surface area contributed by atoms with Crippen LogP contribution < -0.4 is 9.80 Å². The molecule has 4 rings (SSSR count). The molecular weight excluding hydrogens is 453 g/mol. The Morgan fingerprint density at radius 1 is 1.18 bits per heavy atom. The summed E-state index contributed by atoms with van der Waals surface area (Å²) in [5, 5.41) is 20.4. The molecule has 33 heavy (non-hydrogen) atoms. The van der Waals surface area contributed by atoms with Crippen LogP contribution >= 0.6 is 0 Å². The zero-order valence-corrected chi connectivity index (χ0v) is 17.3. The van der Waals surface area contributed by atoms with Crippen LogP contribution in [0.25, 0.3) is 0 Å². The normalized spacial score (nSPS) is 22.3. The van der Waals surface area contributed by atoms with E-state index in [0.717, 1.165) is 13.1 Å². The predicted octanol–water partition coefficient (Wildman–Crippen LogP) is 1.89. The van der Waals surface area contributed by atoms with Gasteiger partial charge in [-0.05, 0) is 49.1 Å². The number of pyridine rings is 1. The van der Waals surface area contributed by atoms with Gasteiger partial charge in [-0.1, -0.05) is 0 Å². The number of hydrogen-bond acceptors (Lipinski definition) is 5. The van der Waals surface area contributed by atoms with Crippen molar-refractivity contribution < 1.29 is 41.8 Å². The molecule has 0 unspecified atom stereocenters. The third kappa shape index (κ3) is 3.62. The van der Waals surface area contributed by atoms with E-state index in [2.05, 4.69) is 4.98 Å². The summed E-state index contributed by atoms with van der Waals surface area (Å²) >= 11 is 0. The summed E-state index contributed by atoms with van der Waals surface area (Å²) in [7, 11) is 1.000. The number of fused-ring (bicyclic) bond motifs is 1. The van der Waals surface area contributed by atoms with Crippen molar-refractivity contribution in [1.29, 1.82) is 0 Å². The molecule has 2 N–H and O–H groups in total. The van der Waals surface area contributed by atoms with Gasteiger partial charge < -0.3 is 15.1 Å². The van der Waals surface area contributed by atoms with Crippen molar-refractivity contribution >= 4 is 23.3 Å².